The van der Waals surface area contributed by atoms with Gasteiger partial charge in [-0.25, -0.2) is 0 Å². The molecule has 1 aromatic rings. The third-order valence-corrected chi connectivity index (χ3v) is 4.20. The van der Waals surface area contributed by atoms with Crippen molar-refractivity contribution >= 4 is 5.91 Å². The SMILES string of the molecule is CC(=O)NC1CCN2CCc3ccccc3C2C1. The van der Waals surface area contributed by atoms with Crippen molar-refractivity contribution in [3.63, 3.8) is 0 Å². The van der Waals surface area contributed by atoms with Crippen LogP contribution in [0, 0.1) is 0 Å². The average molecular weight is 244 g/mol. The van der Waals surface area contributed by atoms with E-state index >= 15 is 0 Å². The normalized spacial score (nSPS) is 27.2. The van der Waals surface area contributed by atoms with E-state index in [2.05, 4.69) is 34.5 Å². The van der Waals surface area contributed by atoms with Crippen molar-refractivity contribution in [2.45, 2.75) is 38.3 Å². The molecule has 0 saturated carbocycles. The van der Waals surface area contributed by atoms with E-state index in [1.807, 2.05) is 0 Å². The van der Waals surface area contributed by atoms with E-state index in [0.29, 0.717) is 12.1 Å². The van der Waals surface area contributed by atoms with Gasteiger partial charge < -0.3 is 5.32 Å². The summed E-state index contributed by atoms with van der Waals surface area (Å²) < 4.78 is 0. The van der Waals surface area contributed by atoms with Crippen molar-refractivity contribution in [3.8, 4) is 0 Å². The Morgan fingerprint density at radius 2 is 2.17 bits per heavy atom. The zero-order valence-electron chi connectivity index (χ0n) is 10.9. The molecule has 1 amide bonds. The van der Waals surface area contributed by atoms with Crippen LogP contribution in [0.3, 0.4) is 0 Å². The molecule has 1 fully saturated rings. The number of amides is 1. The highest BCUT2D eigenvalue weighted by atomic mass is 16.1. The molecule has 3 rings (SSSR count). The maximum atomic E-state index is 11.2. The first kappa shape index (κ1) is 11.7. The number of fused-ring (bicyclic) bond motifs is 3. The topological polar surface area (TPSA) is 32.3 Å². The van der Waals surface area contributed by atoms with Crippen LogP contribution in [-0.2, 0) is 11.2 Å². The van der Waals surface area contributed by atoms with Crippen molar-refractivity contribution in [1.82, 2.24) is 10.2 Å². The average Bonchev–Trinajstić information content (AvgIpc) is 2.38. The molecule has 0 bridgehead atoms. The lowest BCUT2D eigenvalue weighted by atomic mass is 9.85. The maximum absolute atomic E-state index is 11.2. The fourth-order valence-corrected chi connectivity index (χ4v) is 3.37. The summed E-state index contributed by atoms with van der Waals surface area (Å²) in [5.41, 5.74) is 2.96. The largest absolute Gasteiger partial charge is 0.353 e. The zero-order valence-corrected chi connectivity index (χ0v) is 10.9. The molecule has 1 N–H and O–H groups in total. The summed E-state index contributed by atoms with van der Waals surface area (Å²) >= 11 is 0. The van der Waals surface area contributed by atoms with Crippen molar-refractivity contribution in [2.75, 3.05) is 13.1 Å². The Hall–Kier alpha value is -1.35. The van der Waals surface area contributed by atoms with Crippen LogP contribution in [-0.4, -0.2) is 29.9 Å². The van der Waals surface area contributed by atoms with E-state index in [4.69, 9.17) is 0 Å². The summed E-state index contributed by atoms with van der Waals surface area (Å²) in [6.45, 7) is 3.87. The number of nitrogens with zero attached hydrogens (tertiary/aromatic N) is 1. The Labute approximate surface area is 108 Å². The molecule has 2 heterocycles. The van der Waals surface area contributed by atoms with Crippen LogP contribution in [0.15, 0.2) is 24.3 Å². The third kappa shape index (κ3) is 2.15. The molecule has 96 valence electrons. The number of hydrogen-bond donors (Lipinski definition) is 1. The molecule has 0 aliphatic carbocycles. The van der Waals surface area contributed by atoms with Gasteiger partial charge in [-0.1, -0.05) is 24.3 Å². The predicted octanol–water partition coefficient (Wildman–Crippen LogP) is 1.88. The second-order valence-corrected chi connectivity index (χ2v) is 5.42. The first-order chi connectivity index (χ1) is 8.74. The van der Waals surface area contributed by atoms with E-state index in [0.717, 1.165) is 32.4 Å². The molecule has 0 aromatic heterocycles. The number of benzene rings is 1. The first-order valence-electron chi connectivity index (χ1n) is 6.83. The Morgan fingerprint density at radius 1 is 1.33 bits per heavy atom. The minimum atomic E-state index is 0.0949. The summed E-state index contributed by atoms with van der Waals surface area (Å²) in [6, 6.07) is 9.60. The van der Waals surface area contributed by atoms with Crippen molar-refractivity contribution < 1.29 is 4.79 Å². The number of rotatable bonds is 1. The van der Waals surface area contributed by atoms with Gasteiger partial charge in [0.1, 0.15) is 0 Å². The first-order valence-corrected chi connectivity index (χ1v) is 6.83. The van der Waals surface area contributed by atoms with E-state index in [-0.39, 0.29) is 5.91 Å². The van der Waals surface area contributed by atoms with Crippen LogP contribution < -0.4 is 5.32 Å². The van der Waals surface area contributed by atoms with Crippen molar-refractivity contribution in [3.05, 3.63) is 35.4 Å². The smallest absolute Gasteiger partial charge is 0.217 e. The summed E-state index contributed by atoms with van der Waals surface area (Å²) in [5, 5.41) is 3.08. The van der Waals surface area contributed by atoms with Gasteiger partial charge in [0, 0.05) is 32.1 Å². The van der Waals surface area contributed by atoms with Gasteiger partial charge in [0.25, 0.3) is 0 Å². The van der Waals surface area contributed by atoms with Gasteiger partial charge in [0.2, 0.25) is 5.91 Å². The molecular weight excluding hydrogens is 224 g/mol. The van der Waals surface area contributed by atoms with Gasteiger partial charge >= 0.3 is 0 Å². The number of carbonyl (C=O) groups is 1. The molecule has 2 unspecified atom stereocenters. The second kappa shape index (κ2) is 4.73. The number of nitrogens with one attached hydrogen (secondary N) is 1. The Bertz CT molecular complexity index is 458. The number of piperidine rings is 1. The molecular formula is C15H20N2O. The minimum absolute atomic E-state index is 0.0949. The molecule has 1 aromatic carbocycles. The summed E-state index contributed by atoms with van der Waals surface area (Å²) in [6.07, 6.45) is 3.30. The highest BCUT2D eigenvalue weighted by Gasteiger charge is 2.33. The minimum Gasteiger partial charge on any atom is -0.353 e. The lowest BCUT2D eigenvalue weighted by Crippen LogP contribution is -2.47. The molecule has 2 atom stereocenters. The monoisotopic (exact) mass is 244 g/mol. The van der Waals surface area contributed by atoms with Gasteiger partial charge in [-0.15, -0.1) is 0 Å². The highest BCUT2D eigenvalue weighted by molar-refractivity contribution is 5.73. The fraction of sp³-hybridized carbons (Fsp3) is 0.533. The Kier molecular flexibility index (Phi) is 3.08. The molecule has 2 aliphatic heterocycles. The number of carbonyl (C=O) groups excluding carboxylic acids is 1. The van der Waals surface area contributed by atoms with Crippen LogP contribution >= 0.6 is 0 Å². The van der Waals surface area contributed by atoms with Gasteiger partial charge in [-0.2, -0.15) is 0 Å². The highest BCUT2D eigenvalue weighted by Crippen LogP contribution is 2.36. The zero-order chi connectivity index (χ0) is 12.5. The van der Waals surface area contributed by atoms with Crippen LogP contribution in [0.5, 0.6) is 0 Å². The summed E-state index contributed by atoms with van der Waals surface area (Å²) in [4.78, 5) is 13.8. The van der Waals surface area contributed by atoms with E-state index < -0.39 is 0 Å². The predicted molar refractivity (Wildman–Crippen MR) is 71.3 cm³/mol. The lowest BCUT2D eigenvalue weighted by Gasteiger charge is -2.43. The molecule has 0 spiro atoms. The van der Waals surface area contributed by atoms with Gasteiger partial charge in [0.05, 0.1) is 0 Å². The second-order valence-electron chi connectivity index (χ2n) is 5.42. The fourth-order valence-electron chi connectivity index (χ4n) is 3.37. The molecule has 18 heavy (non-hydrogen) atoms. The molecule has 1 saturated heterocycles. The standard InChI is InChI=1S/C15H20N2O/c1-11(18)16-13-7-9-17-8-6-12-4-2-3-5-14(12)15(17)10-13/h2-5,13,15H,6-10H2,1H3,(H,16,18). The quantitative estimate of drug-likeness (QED) is 0.818. The van der Waals surface area contributed by atoms with E-state index in [1.54, 1.807) is 6.92 Å². The van der Waals surface area contributed by atoms with Gasteiger partial charge in [-0.05, 0) is 30.4 Å². The lowest BCUT2D eigenvalue weighted by molar-refractivity contribution is -0.120. The van der Waals surface area contributed by atoms with Crippen LogP contribution in [0.1, 0.15) is 36.9 Å². The Balaban J connectivity index is 1.82. The number of hydrogen-bond acceptors (Lipinski definition) is 2. The van der Waals surface area contributed by atoms with Crippen LogP contribution in [0.4, 0.5) is 0 Å². The van der Waals surface area contributed by atoms with Crippen LogP contribution in [0.25, 0.3) is 0 Å². The van der Waals surface area contributed by atoms with Crippen LogP contribution in [0.2, 0.25) is 0 Å². The summed E-state index contributed by atoms with van der Waals surface area (Å²) in [7, 11) is 0. The molecule has 3 heteroatoms. The summed E-state index contributed by atoms with van der Waals surface area (Å²) in [5.74, 6) is 0.0949. The van der Waals surface area contributed by atoms with Gasteiger partial charge in [-0.3, -0.25) is 9.69 Å². The molecule has 2 aliphatic rings. The maximum Gasteiger partial charge on any atom is 0.217 e. The third-order valence-electron chi connectivity index (χ3n) is 4.20. The van der Waals surface area contributed by atoms with Crippen molar-refractivity contribution in [1.29, 1.82) is 0 Å². The molecule has 0 radical (unpaired) electrons. The Morgan fingerprint density at radius 3 is 3.00 bits per heavy atom. The van der Waals surface area contributed by atoms with Gasteiger partial charge in [0.15, 0.2) is 0 Å². The van der Waals surface area contributed by atoms with E-state index in [9.17, 15) is 4.79 Å². The van der Waals surface area contributed by atoms with Crippen molar-refractivity contribution in [2.24, 2.45) is 0 Å². The molecule has 3 nitrogen and oxygen atoms in total. The van der Waals surface area contributed by atoms with E-state index in [1.165, 1.54) is 11.1 Å².